The summed E-state index contributed by atoms with van der Waals surface area (Å²) in [7, 11) is 0. The van der Waals surface area contributed by atoms with Gasteiger partial charge >= 0.3 is 0 Å². The Morgan fingerprint density at radius 1 is 1.55 bits per heavy atom. The van der Waals surface area contributed by atoms with E-state index in [1.807, 2.05) is 0 Å². The van der Waals surface area contributed by atoms with Crippen LogP contribution in [0.3, 0.4) is 0 Å². The van der Waals surface area contributed by atoms with Crippen molar-refractivity contribution in [3.63, 3.8) is 0 Å². The minimum atomic E-state index is 0.302. The molecule has 1 aliphatic rings. The van der Waals surface area contributed by atoms with Gasteiger partial charge in [0.15, 0.2) is 0 Å². The average molecular weight is 158 g/mol. The Morgan fingerprint density at radius 2 is 2.45 bits per heavy atom. The quantitative estimate of drug-likeness (QED) is 0.476. The van der Waals surface area contributed by atoms with Crippen molar-refractivity contribution in [1.29, 1.82) is 0 Å². The molecule has 3 heteroatoms. The zero-order valence-electron chi connectivity index (χ0n) is 6.97. The van der Waals surface area contributed by atoms with Crippen LogP contribution < -0.4 is 10.6 Å². The van der Waals surface area contributed by atoms with Gasteiger partial charge in [0.2, 0.25) is 0 Å². The number of nitrogens with one attached hydrogen (secondary N) is 2. The third-order valence-corrected chi connectivity index (χ3v) is 2.11. The lowest BCUT2D eigenvalue weighted by Gasteiger charge is -2.08. The van der Waals surface area contributed by atoms with E-state index < -0.39 is 0 Å². The van der Waals surface area contributed by atoms with Gasteiger partial charge in [-0.05, 0) is 44.9 Å². The van der Waals surface area contributed by atoms with Crippen LogP contribution in [0.4, 0.5) is 0 Å². The molecule has 1 rings (SSSR count). The minimum absolute atomic E-state index is 0.302. The molecule has 3 N–H and O–H groups in total. The van der Waals surface area contributed by atoms with E-state index in [-0.39, 0.29) is 0 Å². The van der Waals surface area contributed by atoms with Crippen molar-refractivity contribution in [2.24, 2.45) is 5.92 Å². The second-order valence-corrected chi connectivity index (χ2v) is 3.14. The molecule has 0 aromatic rings. The predicted octanol–water partition coefficient (Wildman–Crippen LogP) is -0.432. The van der Waals surface area contributed by atoms with Gasteiger partial charge in [0, 0.05) is 6.61 Å². The minimum Gasteiger partial charge on any atom is -0.396 e. The summed E-state index contributed by atoms with van der Waals surface area (Å²) in [6.07, 6.45) is 2.17. The largest absolute Gasteiger partial charge is 0.396 e. The van der Waals surface area contributed by atoms with Crippen molar-refractivity contribution in [2.75, 3.05) is 32.8 Å². The van der Waals surface area contributed by atoms with Gasteiger partial charge in [-0.15, -0.1) is 0 Å². The van der Waals surface area contributed by atoms with E-state index in [1.165, 1.54) is 13.0 Å². The predicted molar refractivity (Wildman–Crippen MR) is 45.5 cm³/mol. The number of aliphatic hydroxyl groups excluding tert-OH is 1. The average Bonchev–Trinajstić information content (AvgIpc) is 2.50. The van der Waals surface area contributed by atoms with Crippen LogP contribution in [-0.2, 0) is 0 Å². The van der Waals surface area contributed by atoms with Gasteiger partial charge in [0.05, 0.1) is 0 Å². The second kappa shape index (κ2) is 5.52. The number of hydrogen-bond acceptors (Lipinski definition) is 3. The fourth-order valence-corrected chi connectivity index (χ4v) is 1.40. The summed E-state index contributed by atoms with van der Waals surface area (Å²) in [5, 5.41) is 15.2. The molecule has 1 saturated heterocycles. The van der Waals surface area contributed by atoms with Crippen molar-refractivity contribution < 1.29 is 5.11 Å². The maximum Gasteiger partial charge on any atom is 0.0443 e. The molecule has 66 valence electrons. The molecule has 0 amide bonds. The molecule has 0 aromatic carbocycles. The van der Waals surface area contributed by atoms with Gasteiger partial charge in [0.25, 0.3) is 0 Å². The van der Waals surface area contributed by atoms with Crippen molar-refractivity contribution in [1.82, 2.24) is 10.6 Å². The molecule has 1 heterocycles. The molecular formula is C8H18N2O. The van der Waals surface area contributed by atoms with Gasteiger partial charge in [-0.2, -0.15) is 0 Å². The topological polar surface area (TPSA) is 44.3 Å². The molecule has 0 spiro atoms. The van der Waals surface area contributed by atoms with Crippen LogP contribution in [0.1, 0.15) is 12.8 Å². The fourth-order valence-electron chi connectivity index (χ4n) is 1.40. The van der Waals surface area contributed by atoms with Gasteiger partial charge in [-0.25, -0.2) is 0 Å². The number of aliphatic hydroxyl groups is 1. The summed E-state index contributed by atoms with van der Waals surface area (Å²) in [5.74, 6) is 0.814. The van der Waals surface area contributed by atoms with Gasteiger partial charge in [-0.1, -0.05) is 0 Å². The highest BCUT2D eigenvalue weighted by Gasteiger charge is 2.12. The molecule has 1 unspecified atom stereocenters. The van der Waals surface area contributed by atoms with Crippen molar-refractivity contribution >= 4 is 0 Å². The monoisotopic (exact) mass is 158 g/mol. The first-order valence-electron chi connectivity index (χ1n) is 4.46. The Morgan fingerprint density at radius 3 is 3.09 bits per heavy atom. The summed E-state index contributed by atoms with van der Waals surface area (Å²) in [4.78, 5) is 0. The zero-order valence-corrected chi connectivity index (χ0v) is 6.97. The smallest absolute Gasteiger partial charge is 0.0443 e. The van der Waals surface area contributed by atoms with Crippen LogP contribution >= 0.6 is 0 Å². The molecule has 11 heavy (non-hydrogen) atoms. The Hall–Kier alpha value is -0.120. The van der Waals surface area contributed by atoms with Crippen LogP contribution in [0, 0.1) is 5.92 Å². The summed E-state index contributed by atoms with van der Waals surface area (Å²) in [5.41, 5.74) is 0. The van der Waals surface area contributed by atoms with E-state index >= 15 is 0 Å². The van der Waals surface area contributed by atoms with E-state index in [0.29, 0.717) is 6.61 Å². The first kappa shape index (κ1) is 8.97. The summed E-state index contributed by atoms with van der Waals surface area (Å²) in [6, 6.07) is 0. The van der Waals surface area contributed by atoms with E-state index in [0.717, 1.165) is 32.0 Å². The molecule has 1 fully saturated rings. The summed E-state index contributed by atoms with van der Waals surface area (Å²) in [6.45, 7) is 4.69. The van der Waals surface area contributed by atoms with E-state index in [9.17, 15) is 0 Å². The number of rotatable bonds is 5. The molecule has 0 bridgehead atoms. The third-order valence-electron chi connectivity index (χ3n) is 2.11. The highest BCUT2D eigenvalue weighted by molar-refractivity contribution is 4.72. The van der Waals surface area contributed by atoms with E-state index in [4.69, 9.17) is 5.11 Å². The first-order valence-corrected chi connectivity index (χ1v) is 4.46. The van der Waals surface area contributed by atoms with Crippen molar-refractivity contribution in [3.8, 4) is 0 Å². The van der Waals surface area contributed by atoms with Crippen LogP contribution in [0.5, 0.6) is 0 Å². The molecule has 0 aromatic heterocycles. The molecule has 0 saturated carbocycles. The van der Waals surface area contributed by atoms with Crippen LogP contribution in [0.15, 0.2) is 0 Å². The molecular weight excluding hydrogens is 140 g/mol. The lowest BCUT2D eigenvalue weighted by atomic mass is 10.1. The van der Waals surface area contributed by atoms with E-state index in [1.54, 1.807) is 0 Å². The van der Waals surface area contributed by atoms with E-state index in [2.05, 4.69) is 10.6 Å². The summed E-state index contributed by atoms with van der Waals surface area (Å²) < 4.78 is 0. The molecule has 0 aliphatic carbocycles. The molecule has 1 atom stereocenters. The molecule has 0 radical (unpaired) electrons. The standard InChI is InChI=1S/C8H18N2O/c11-5-1-3-9-6-8-2-4-10-7-8/h8-11H,1-7H2. The second-order valence-electron chi connectivity index (χ2n) is 3.14. The molecule has 3 nitrogen and oxygen atoms in total. The SMILES string of the molecule is OCCCNCC1CCNC1. The first-order chi connectivity index (χ1) is 5.43. The van der Waals surface area contributed by atoms with Crippen LogP contribution in [-0.4, -0.2) is 37.9 Å². The Bertz CT molecular complexity index is 92.1. The highest BCUT2D eigenvalue weighted by Crippen LogP contribution is 2.04. The Labute approximate surface area is 68.2 Å². The highest BCUT2D eigenvalue weighted by atomic mass is 16.3. The number of hydrogen-bond donors (Lipinski definition) is 3. The fraction of sp³-hybridized carbons (Fsp3) is 1.00. The zero-order chi connectivity index (χ0) is 7.94. The van der Waals surface area contributed by atoms with Crippen LogP contribution in [0.2, 0.25) is 0 Å². The van der Waals surface area contributed by atoms with Gasteiger partial charge < -0.3 is 15.7 Å². The van der Waals surface area contributed by atoms with Gasteiger partial charge in [0.1, 0.15) is 0 Å². The Balaban J connectivity index is 1.86. The maximum atomic E-state index is 8.51. The lowest BCUT2D eigenvalue weighted by molar-refractivity contribution is 0.285. The third kappa shape index (κ3) is 3.70. The summed E-state index contributed by atoms with van der Waals surface area (Å²) >= 11 is 0. The normalized spacial score (nSPS) is 24.3. The Kier molecular flexibility index (Phi) is 4.50. The van der Waals surface area contributed by atoms with Crippen molar-refractivity contribution in [2.45, 2.75) is 12.8 Å². The van der Waals surface area contributed by atoms with Crippen molar-refractivity contribution in [3.05, 3.63) is 0 Å². The molecule has 1 aliphatic heterocycles. The lowest BCUT2D eigenvalue weighted by Crippen LogP contribution is -2.25. The maximum absolute atomic E-state index is 8.51. The van der Waals surface area contributed by atoms with Crippen LogP contribution in [0.25, 0.3) is 0 Å². The van der Waals surface area contributed by atoms with Gasteiger partial charge in [-0.3, -0.25) is 0 Å².